The molecule has 3 aromatic carbocycles. The van der Waals surface area contributed by atoms with E-state index in [0.29, 0.717) is 53.9 Å². The van der Waals surface area contributed by atoms with Crippen molar-refractivity contribution in [1.29, 1.82) is 0 Å². The average Bonchev–Trinajstić information content (AvgIpc) is 3.20. The van der Waals surface area contributed by atoms with E-state index in [9.17, 15) is 4.79 Å². The van der Waals surface area contributed by atoms with Crippen molar-refractivity contribution >= 4 is 23.5 Å². The van der Waals surface area contributed by atoms with Crippen molar-refractivity contribution < 1.29 is 28.5 Å². The number of hydrogen-bond acceptors (Lipinski definition) is 7. The second-order valence-corrected chi connectivity index (χ2v) is 9.01. The number of ketones is 1. The fourth-order valence-electron chi connectivity index (χ4n) is 4.57. The molecule has 0 bridgehead atoms. The smallest absolute Gasteiger partial charge is 0.231 e. The summed E-state index contributed by atoms with van der Waals surface area (Å²) in [6.07, 6.45) is 1.66. The van der Waals surface area contributed by atoms with Crippen LogP contribution < -0.4 is 23.7 Å². The van der Waals surface area contributed by atoms with Gasteiger partial charge in [0.2, 0.25) is 5.78 Å². The monoisotopic (exact) mass is 507 g/mol. The fraction of sp³-hybridized carbons (Fsp3) is 0.250. The highest BCUT2D eigenvalue weighted by Gasteiger charge is 2.34. The van der Waals surface area contributed by atoms with Crippen LogP contribution in [0.5, 0.6) is 28.7 Å². The first kappa shape index (κ1) is 24.0. The van der Waals surface area contributed by atoms with Crippen LogP contribution in [-0.2, 0) is 13.1 Å². The zero-order chi connectivity index (χ0) is 25.4. The Labute approximate surface area is 214 Å². The van der Waals surface area contributed by atoms with Gasteiger partial charge in [-0.1, -0.05) is 29.8 Å². The molecular formula is C28H26ClNO6. The topological polar surface area (TPSA) is 66.5 Å². The number of methoxy groups -OCH3 is 3. The molecule has 7 nitrogen and oxygen atoms in total. The second kappa shape index (κ2) is 9.76. The van der Waals surface area contributed by atoms with Gasteiger partial charge < -0.3 is 23.7 Å². The normalized spacial score (nSPS) is 15.7. The molecule has 0 saturated carbocycles. The van der Waals surface area contributed by atoms with E-state index in [4.69, 9.17) is 35.3 Å². The Morgan fingerprint density at radius 1 is 1.00 bits per heavy atom. The molecule has 0 fully saturated rings. The Morgan fingerprint density at radius 3 is 2.44 bits per heavy atom. The molecule has 0 spiro atoms. The van der Waals surface area contributed by atoms with Gasteiger partial charge in [0.15, 0.2) is 17.3 Å². The van der Waals surface area contributed by atoms with Gasteiger partial charge in [0, 0.05) is 40.9 Å². The highest BCUT2D eigenvalue weighted by atomic mass is 35.5. The first-order valence-corrected chi connectivity index (χ1v) is 11.8. The van der Waals surface area contributed by atoms with Gasteiger partial charge in [-0.2, -0.15) is 0 Å². The third-order valence-electron chi connectivity index (χ3n) is 6.38. The molecule has 0 N–H and O–H groups in total. The van der Waals surface area contributed by atoms with Gasteiger partial charge in [-0.15, -0.1) is 0 Å². The minimum atomic E-state index is -0.198. The van der Waals surface area contributed by atoms with Crippen LogP contribution in [-0.4, -0.2) is 38.7 Å². The maximum Gasteiger partial charge on any atom is 0.231 e. The number of fused-ring (bicyclic) bond motifs is 2. The van der Waals surface area contributed by atoms with Crippen molar-refractivity contribution in [2.24, 2.45) is 0 Å². The van der Waals surface area contributed by atoms with E-state index in [-0.39, 0.29) is 11.5 Å². The number of rotatable bonds is 6. The molecule has 2 heterocycles. The number of carbonyl (C=O) groups excluding carboxylic acids is 1. The minimum Gasteiger partial charge on any atom is -0.496 e. The zero-order valence-electron chi connectivity index (χ0n) is 20.5. The molecule has 3 aromatic rings. The van der Waals surface area contributed by atoms with E-state index in [0.717, 1.165) is 27.5 Å². The molecule has 2 aliphatic heterocycles. The van der Waals surface area contributed by atoms with Gasteiger partial charge in [0.05, 0.1) is 26.9 Å². The average molecular weight is 508 g/mol. The number of allylic oxidation sites excluding steroid dienone is 1. The lowest BCUT2D eigenvalue weighted by atomic mass is 9.99. The third kappa shape index (κ3) is 4.25. The number of benzene rings is 3. The van der Waals surface area contributed by atoms with Crippen LogP contribution in [0.3, 0.4) is 0 Å². The standard InChI is InChI=1S/C28H26ClNO6/c1-16-27-19(14-30(15-35-27)13-17-7-5-6-8-21(17)29)9-20-26(31)25(36-28(16)20)11-18-10-23(33-3)24(34-4)12-22(18)32-2/h5-12H,13-15H2,1-4H3/b25-11-. The van der Waals surface area contributed by atoms with Gasteiger partial charge in [-0.05, 0) is 36.8 Å². The van der Waals surface area contributed by atoms with E-state index in [1.54, 1.807) is 39.5 Å². The summed E-state index contributed by atoms with van der Waals surface area (Å²) in [7, 11) is 4.66. The summed E-state index contributed by atoms with van der Waals surface area (Å²) >= 11 is 6.35. The maximum atomic E-state index is 13.4. The van der Waals surface area contributed by atoms with E-state index >= 15 is 0 Å². The molecule has 0 atom stereocenters. The quantitative estimate of drug-likeness (QED) is 0.400. The zero-order valence-corrected chi connectivity index (χ0v) is 21.3. The van der Waals surface area contributed by atoms with Crippen LogP contribution in [0.15, 0.2) is 48.2 Å². The molecular weight excluding hydrogens is 482 g/mol. The van der Waals surface area contributed by atoms with Crippen LogP contribution in [0.4, 0.5) is 0 Å². The molecule has 186 valence electrons. The Bertz CT molecular complexity index is 1380. The van der Waals surface area contributed by atoms with E-state index < -0.39 is 0 Å². The molecule has 36 heavy (non-hydrogen) atoms. The second-order valence-electron chi connectivity index (χ2n) is 8.61. The van der Waals surface area contributed by atoms with Crippen LogP contribution >= 0.6 is 11.6 Å². The number of nitrogens with zero attached hydrogens (tertiary/aromatic N) is 1. The molecule has 5 rings (SSSR count). The Morgan fingerprint density at radius 2 is 1.72 bits per heavy atom. The summed E-state index contributed by atoms with van der Waals surface area (Å²) in [6.45, 7) is 3.60. The number of ether oxygens (including phenoxy) is 5. The Hall–Kier alpha value is -3.68. The van der Waals surface area contributed by atoms with Crippen LogP contribution in [0.2, 0.25) is 5.02 Å². The Balaban J connectivity index is 1.45. The van der Waals surface area contributed by atoms with Crippen LogP contribution in [0.1, 0.15) is 32.6 Å². The van der Waals surface area contributed by atoms with Gasteiger partial charge in [-0.25, -0.2) is 0 Å². The minimum absolute atomic E-state index is 0.198. The molecule has 0 aromatic heterocycles. The van der Waals surface area contributed by atoms with Crippen LogP contribution in [0.25, 0.3) is 6.08 Å². The van der Waals surface area contributed by atoms with E-state index in [1.807, 2.05) is 37.3 Å². The third-order valence-corrected chi connectivity index (χ3v) is 6.74. The predicted molar refractivity (Wildman–Crippen MR) is 136 cm³/mol. The lowest BCUT2D eigenvalue weighted by Gasteiger charge is -2.30. The lowest BCUT2D eigenvalue weighted by molar-refractivity contribution is 0.0877. The van der Waals surface area contributed by atoms with Gasteiger partial charge in [0.25, 0.3) is 0 Å². The predicted octanol–water partition coefficient (Wildman–Crippen LogP) is 5.64. The highest BCUT2D eigenvalue weighted by molar-refractivity contribution is 6.31. The lowest BCUT2D eigenvalue weighted by Crippen LogP contribution is -2.32. The first-order valence-electron chi connectivity index (χ1n) is 11.4. The number of halogens is 1. The van der Waals surface area contributed by atoms with Crippen LogP contribution in [0, 0.1) is 6.92 Å². The summed E-state index contributed by atoms with van der Waals surface area (Å²) in [5.74, 6) is 2.85. The largest absolute Gasteiger partial charge is 0.496 e. The number of carbonyl (C=O) groups is 1. The van der Waals surface area contributed by atoms with Gasteiger partial charge in [-0.3, -0.25) is 9.69 Å². The van der Waals surface area contributed by atoms with E-state index in [2.05, 4.69) is 4.90 Å². The van der Waals surface area contributed by atoms with Gasteiger partial charge >= 0.3 is 0 Å². The van der Waals surface area contributed by atoms with Crippen molar-refractivity contribution in [3.8, 4) is 28.7 Å². The molecule has 0 saturated heterocycles. The summed E-state index contributed by atoms with van der Waals surface area (Å²) in [4.78, 5) is 15.5. The van der Waals surface area contributed by atoms with E-state index in [1.165, 1.54) is 0 Å². The van der Waals surface area contributed by atoms with Crippen molar-refractivity contribution in [2.75, 3.05) is 28.1 Å². The summed E-state index contributed by atoms with van der Waals surface area (Å²) in [5, 5.41) is 0.720. The van der Waals surface area contributed by atoms with Crippen molar-refractivity contribution in [3.05, 3.63) is 81.1 Å². The molecule has 8 heteroatoms. The van der Waals surface area contributed by atoms with Crippen molar-refractivity contribution in [1.82, 2.24) is 4.90 Å². The summed E-state index contributed by atoms with van der Waals surface area (Å²) in [6, 6.07) is 13.1. The van der Waals surface area contributed by atoms with Gasteiger partial charge in [0.1, 0.15) is 24.0 Å². The maximum absolute atomic E-state index is 13.4. The molecule has 0 unspecified atom stereocenters. The molecule has 0 amide bonds. The SMILES string of the molecule is COc1cc(OC)c(OC)cc1/C=C1\Oc2c(cc3c(c2C)OCN(Cc2ccccc2Cl)C3)C1=O. The fourth-order valence-corrected chi connectivity index (χ4v) is 4.77. The Kier molecular flexibility index (Phi) is 6.51. The summed E-state index contributed by atoms with van der Waals surface area (Å²) < 4.78 is 28.4. The molecule has 2 aliphatic rings. The molecule has 0 radical (unpaired) electrons. The first-order chi connectivity index (χ1) is 17.4. The molecule has 0 aliphatic carbocycles. The summed E-state index contributed by atoms with van der Waals surface area (Å²) in [5.41, 5.74) is 3.91. The highest BCUT2D eigenvalue weighted by Crippen LogP contribution is 2.44. The number of Topliss-reactive ketones (excluding diaryl/α,β-unsaturated/α-hetero) is 1. The number of hydrogen-bond donors (Lipinski definition) is 0. The van der Waals surface area contributed by atoms with Crippen molar-refractivity contribution in [3.63, 3.8) is 0 Å². The van der Waals surface area contributed by atoms with Crippen molar-refractivity contribution in [2.45, 2.75) is 20.0 Å².